The molecule has 8 nitrogen and oxygen atoms in total. The second-order valence-corrected chi connectivity index (χ2v) is 7.49. The molecule has 1 N–H and O–H groups in total. The summed E-state index contributed by atoms with van der Waals surface area (Å²) in [6, 6.07) is 5.14. The molecule has 0 radical (unpaired) electrons. The number of carbonyl (C=O) groups is 2. The summed E-state index contributed by atoms with van der Waals surface area (Å²) >= 11 is 0. The van der Waals surface area contributed by atoms with Crippen LogP contribution in [0.5, 0.6) is 0 Å². The highest BCUT2D eigenvalue weighted by Gasteiger charge is 2.35. The summed E-state index contributed by atoms with van der Waals surface area (Å²) in [7, 11) is 1.77. The summed E-state index contributed by atoms with van der Waals surface area (Å²) in [6.45, 7) is 3.53. The number of nitrogens with one attached hydrogen (secondary N) is 1. The highest BCUT2D eigenvalue weighted by molar-refractivity contribution is 5.95. The summed E-state index contributed by atoms with van der Waals surface area (Å²) in [4.78, 5) is 29.0. The maximum Gasteiger partial charge on any atom is 0.322 e. The van der Waals surface area contributed by atoms with Crippen LogP contribution in [0.3, 0.4) is 0 Å². The Labute approximate surface area is 167 Å². The molecule has 4 rings (SSSR count). The summed E-state index contributed by atoms with van der Waals surface area (Å²) < 4.78 is 15.3. The number of urea groups is 1. The van der Waals surface area contributed by atoms with Crippen molar-refractivity contribution in [3.05, 3.63) is 46.5 Å². The van der Waals surface area contributed by atoms with Crippen LogP contribution >= 0.6 is 0 Å². The Morgan fingerprint density at radius 1 is 1.38 bits per heavy atom. The van der Waals surface area contributed by atoms with Gasteiger partial charge in [0.2, 0.25) is 0 Å². The first kappa shape index (κ1) is 18.9. The molecule has 2 aliphatic rings. The molecule has 1 atom stereocenters. The van der Waals surface area contributed by atoms with Crippen LogP contribution in [-0.4, -0.2) is 51.2 Å². The van der Waals surface area contributed by atoms with E-state index in [9.17, 15) is 14.0 Å². The highest BCUT2D eigenvalue weighted by Crippen LogP contribution is 2.28. The molecule has 0 spiro atoms. The lowest BCUT2D eigenvalue weighted by Crippen LogP contribution is -2.45. The standard InChI is InChI=1S/C20H21FN6O2/c1-12-8-17-15(18-19(28)25(2)6-3-7-27(18)24-17)11-26(12)20(29)23-14-4-5-16(21)13(9-14)10-22/h4-5,9,12H,3,6-8,11H2,1-2H3,(H,23,29)/t12-/m1/s1. The third-order valence-corrected chi connectivity index (χ3v) is 5.49. The van der Waals surface area contributed by atoms with E-state index in [0.717, 1.165) is 23.7 Å². The Balaban J connectivity index is 1.60. The van der Waals surface area contributed by atoms with Crippen molar-refractivity contribution in [1.29, 1.82) is 5.26 Å². The second-order valence-electron chi connectivity index (χ2n) is 7.49. The molecular formula is C20H21FN6O2. The van der Waals surface area contributed by atoms with Crippen molar-refractivity contribution in [1.82, 2.24) is 19.6 Å². The summed E-state index contributed by atoms with van der Waals surface area (Å²) in [5.41, 5.74) is 2.41. The van der Waals surface area contributed by atoms with Crippen molar-refractivity contribution in [2.75, 3.05) is 18.9 Å². The van der Waals surface area contributed by atoms with E-state index < -0.39 is 5.82 Å². The van der Waals surface area contributed by atoms with E-state index in [2.05, 4.69) is 10.4 Å². The van der Waals surface area contributed by atoms with Gasteiger partial charge in [-0.3, -0.25) is 9.48 Å². The van der Waals surface area contributed by atoms with E-state index in [1.54, 1.807) is 27.6 Å². The molecule has 29 heavy (non-hydrogen) atoms. The summed E-state index contributed by atoms with van der Waals surface area (Å²) in [5, 5.41) is 16.3. The predicted molar refractivity (Wildman–Crippen MR) is 103 cm³/mol. The Hall–Kier alpha value is -3.41. The number of rotatable bonds is 1. The first-order valence-electron chi connectivity index (χ1n) is 9.50. The van der Waals surface area contributed by atoms with Crippen LogP contribution in [0, 0.1) is 17.1 Å². The number of halogens is 1. The van der Waals surface area contributed by atoms with Crippen molar-refractivity contribution in [2.24, 2.45) is 0 Å². The Kier molecular flexibility index (Phi) is 4.70. The lowest BCUT2D eigenvalue weighted by atomic mass is 9.99. The minimum atomic E-state index is -0.633. The molecule has 0 bridgehead atoms. The van der Waals surface area contributed by atoms with Gasteiger partial charge in [-0.2, -0.15) is 10.4 Å². The molecule has 1 aromatic heterocycles. The number of anilines is 1. The maximum atomic E-state index is 13.5. The number of hydrogen-bond donors (Lipinski definition) is 1. The zero-order chi connectivity index (χ0) is 20.7. The van der Waals surface area contributed by atoms with Crippen LogP contribution in [-0.2, 0) is 19.5 Å². The van der Waals surface area contributed by atoms with Gasteiger partial charge in [0.15, 0.2) is 0 Å². The molecule has 0 saturated carbocycles. The van der Waals surface area contributed by atoms with Gasteiger partial charge in [-0.15, -0.1) is 0 Å². The van der Waals surface area contributed by atoms with Gasteiger partial charge in [0.25, 0.3) is 5.91 Å². The van der Waals surface area contributed by atoms with Gasteiger partial charge in [0, 0.05) is 43.9 Å². The lowest BCUT2D eigenvalue weighted by molar-refractivity contribution is 0.0793. The van der Waals surface area contributed by atoms with E-state index in [1.807, 2.05) is 6.92 Å². The number of nitrogens with zero attached hydrogens (tertiary/aromatic N) is 5. The average molecular weight is 396 g/mol. The maximum absolute atomic E-state index is 13.5. The fraction of sp³-hybridized carbons (Fsp3) is 0.400. The average Bonchev–Trinajstić information content (AvgIpc) is 2.97. The van der Waals surface area contributed by atoms with E-state index in [1.165, 1.54) is 12.1 Å². The number of nitriles is 1. The number of benzene rings is 1. The number of fused-ring (bicyclic) bond motifs is 3. The Bertz CT molecular complexity index is 1040. The van der Waals surface area contributed by atoms with Crippen LogP contribution in [0.2, 0.25) is 0 Å². The van der Waals surface area contributed by atoms with Crippen molar-refractivity contribution in [3.8, 4) is 6.07 Å². The first-order chi connectivity index (χ1) is 13.9. The quantitative estimate of drug-likeness (QED) is 0.801. The molecule has 3 amide bonds. The van der Waals surface area contributed by atoms with E-state index in [0.29, 0.717) is 30.9 Å². The largest absolute Gasteiger partial charge is 0.340 e. The molecule has 0 fully saturated rings. The van der Waals surface area contributed by atoms with Gasteiger partial charge in [0.1, 0.15) is 17.6 Å². The monoisotopic (exact) mass is 396 g/mol. The SMILES string of the molecule is C[C@@H]1Cc2nn3c(c2CN1C(=O)Nc1ccc(F)c(C#N)c1)C(=O)N(C)CCC3. The number of carbonyl (C=O) groups excluding carboxylic acids is 2. The van der Waals surface area contributed by atoms with E-state index >= 15 is 0 Å². The van der Waals surface area contributed by atoms with Crippen LogP contribution in [0.1, 0.15) is 40.7 Å². The smallest absolute Gasteiger partial charge is 0.322 e. The van der Waals surface area contributed by atoms with E-state index in [4.69, 9.17) is 5.26 Å². The Morgan fingerprint density at radius 3 is 2.93 bits per heavy atom. The highest BCUT2D eigenvalue weighted by atomic mass is 19.1. The molecule has 0 unspecified atom stereocenters. The fourth-order valence-corrected chi connectivity index (χ4v) is 3.89. The zero-order valence-electron chi connectivity index (χ0n) is 16.3. The van der Waals surface area contributed by atoms with Crippen LogP contribution in [0.25, 0.3) is 0 Å². The third-order valence-electron chi connectivity index (χ3n) is 5.49. The van der Waals surface area contributed by atoms with Crippen LogP contribution in [0.15, 0.2) is 18.2 Å². The number of hydrogen-bond acceptors (Lipinski definition) is 4. The van der Waals surface area contributed by atoms with Gasteiger partial charge >= 0.3 is 6.03 Å². The first-order valence-corrected chi connectivity index (χ1v) is 9.50. The molecular weight excluding hydrogens is 375 g/mol. The number of amides is 3. The summed E-state index contributed by atoms with van der Waals surface area (Å²) in [6.07, 6.45) is 1.38. The topological polar surface area (TPSA) is 94.3 Å². The van der Waals surface area contributed by atoms with E-state index in [-0.39, 0.29) is 30.1 Å². The van der Waals surface area contributed by atoms with Crippen molar-refractivity contribution >= 4 is 17.6 Å². The van der Waals surface area contributed by atoms with Gasteiger partial charge < -0.3 is 15.1 Å². The lowest BCUT2D eigenvalue weighted by Gasteiger charge is -2.33. The molecule has 2 aromatic rings. The van der Waals surface area contributed by atoms with Gasteiger partial charge in [-0.25, -0.2) is 9.18 Å². The van der Waals surface area contributed by atoms with Crippen LogP contribution < -0.4 is 5.32 Å². The zero-order valence-corrected chi connectivity index (χ0v) is 16.3. The minimum absolute atomic E-state index is 0.0802. The normalized spacial score (nSPS) is 18.6. The Morgan fingerprint density at radius 2 is 2.17 bits per heavy atom. The van der Waals surface area contributed by atoms with Crippen molar-refractivity contribution < 1.29 is 14.0 Å². The molecule has 1 aromatic carbocycles. The predicted octanol–water partition coefficient (Wildman–Crippen LogP) is 2.35. The number of aromatic nitrogens is 2. The fourth-order valence-electron chi connectivity index (χ4n) is 3.89. The van der Waals surface area contributed by atoms with Gasteiger partial charge in [-0.1, -0.05) is 0 Å². The van der Waals surface area contributed by atoms with Crippen molar-refractivity contribution in [2.45, 2.75) is 38.9 Å². The minimum Gasteiger partial charge on any atom is -0.340 e. The second kappa shape index (κ2) is 7.20. The van der Waals surface area contributed by atoms with Crippen molar-refractivity contribution in [3.63, 3.8) is 0 Å². The van der Waals surface area contributed by atoms with Crippen LogP contribution in [0.4, 0.5) is 14.9 Å². The third kappa shape index (κ3) is 3.31. The number of aryl methyl sites for hydroxylation is 1. The molecule has 2 aliphatic heterocycles. The van der Waals surface area contributed by atoms with Gasteiger partial charge in [0.05, 0.1) is 17.8 Å². The molecule has 0 aliphatic carbocycles. The summed E-state index contributed by atoms with van der Waals surface area (Å²) in [5.74, 6) is -0.713. The molecule has 3 heterocycles. The molecule has 9 heteroatoms. The van der Waals surface area contributed by atoms with Gasteiger partial charge in [-0.05, 0) is 31.5 Å². The molecule has 0 saturated heterocycles. The molecule has 150 valence electrons.